The van der Waals surface area contributed by atoms with Gasteiger partial charge in [0.1, 0.15) is 11.7 Å². The van der Waals surface area contributed by atoms with Crippen LogP contribution < -0.4 is 35.3 Å². The molecule has 13 heteroatoms. The molecule has 0 aromatic heterocycles. The summed E-state index contributed by atoms with van der Waals surface area (Å²) in [6.07, 6.45) is -5.05. The Bertz CT molecular complexity index is 734. The molecule has 3 amide bonds. The van der Waals surface area contributed by atoms with E-state index in [0.717, 1.165) is 16.7 Å². The van der Waals surface area contributed by atoms with Crippen LogP contribution in [0.25, 0.3) is 0 Å². The van der Waals surface area contributed by atoms with Crippen LogP contribution in [-0.2, 0) is 19.2 Å². The Labute approximate surface area is 172 Å². The van der Waals surface area contributed by atoms with E-state index in [1.807, 2.05) is 0 Å². The van der Waals surface area contributed by atoms with Gasteiger partial charge in [-0.15, -0.1) is 11.8 Å². The van der Waals surface area contributed by atoms with E-state index in [0.29, 0.717) is 4.90 Å². The number of nitrogens with two attached hydrogens (primary N) is 1. The number of hydrogen-bond acceptors (Lipinski definition) is 5. The summed E-state index contributed by atoms with van der Waals surface area (Å²) in [7, 11) is 0. The molecule has 26 heavy (non-hydrogen) atoms. The van der Waals surface area contributed by atoms with Gasteiger partial charge in [-0.2, -0.15) is 13.2 Å². The van der Waals surface area contributed by atoms with Crippen LogP contribution in [0.3, 0.4) is 0 Å². The van der Waals surface area contributed by atoms with Crippen LogP contribution in [0.5, 0.6) is 0 Å². The Kier molecular flexibility index (Phi) is 5.72. The van der Waals surface area contributed by atoms with Crippen LogP contribution in [-0.4, -0.2) is 69.2 Å². The zero-order valence-electron chi connectivity index (χ0n) is 14.4. The normalized spacial score (nSPS) is 26.9. The summed E-state index contributed by atoms with van der Waals surface area (Å²) in [5, 5.41) is 9.37. The maximum Gasteiger partial charge on any atom is 1.00 e. The van der Waals surface area contributed by atoms with Crippen molar-refractivity contribution in [2.24, 2.45) is 11.7 Å². The number of β-lactam (4-membered cyclic amide) rings is 1. The molecule has 0 unspecified atom stereocenters. The van der Waals surface area contributed by atoms with Gasteiger partial charge in [0, 0.05) is 17.4 Å². The molecule has 3 heterocycles. The Morgan fingerprint density at radius 2 is 1.96 bits per heavy atom. The molecule has 3 aliphatic rings. The monoisotopic (exact) mass is 403 g/mol. The van der Waals surface area contributed by atoms with Crippen molar-refractivity contribution >= 4 is 35.5 Å². The zero-order valence-corrected chi connectivity index (χ0v) is 16.3. The van der Waals surface area contributed by atoms with E-state index in [1.165, 1.54) is 0 Å². The molecule has 0 radical (unpaired) electrons. The van der Waals surface area contributed by atoms with Crippen molar-refractivity contribution in [1.82, 2.24) is 9.80 Å². The second-order valence-electron chi connectivity index (χ2n) is 5.90. The van der Waals surface area contributed by atoms with E-state index in [9.17, 15) is 37.5 Å². The average Bonchev–Trinajstić information content (AvgIpc) is 2.85. The number of likely N-dealkylation sites (tertiary alicyclic amines) is 1. The van der Waals surface area contributed by atoms with Crippen molar-refractivity contribution in [3.8, 4) is 0 Å². The maximum absolute atomic E-state index is 12.7. The van der Waals surface area contributed by atoms with Crippen LogP contribution in [0.2, 0.25) is 0 Å². The molecule has 2 saturated heterocycles. The summed E-state index contributed by atoms with van der Waals surface area (Å²) in [5.74, 6) is -5.83. The number of carbonyl (C=O) groups is 4. The largest absolute Gasteiger partial charge is 1.00 e. The van der Waals surface area contributed by atoms with Crippen LogP contribution in [0, 0.1) is 5.92 Å². The van der Waals surface area contributed by atoms with Crippen molar-refractivity contribution in [1.29, 1.82) is 0 Å². The summed E-state index contributed by atoms with van der Waals surface area (Å²) in [5.41, 5.74) is 4.68. The second kappa shape index (κ2) is 7.06. The second-order valence-corrected chi connectivity index (χ2v) is 6.97. The van der Waals surface area contributed by atoms with Gasteiger partial charge in [-0.3, -0.25) is 19.3 Å². The predicted octanol–water partition coefficient (Wildman–Crippen LogP) is -3.38. The Morgan fingerprint density at radius 1 is 1.35 bits per heavy atom. The fourth-order valence-electron chi connectivity index (χ4n) is 3.55. The first-order chi connectivity index (χ1) is 11.5. The smallest absolute Gasteiger partial charge is 1.00 e. The number of primary amides is 1. The number of hydrogen-bond donors (Lipinski definition) is 2. The molecule has 3 atom stereocenters. The number of alkyl halides is 3. The molecular weight excluding hydrogens is 390 g/mol. The van der Waals surface area contributed by atoms with Gasteiger partial charge in [0.05, 0.1) is 11.8 Å². The fraction of sp³-hybridized carbons (Fsp3) is 0.538. The molecule has 0 aromatic rings. The number of carbonyl (C=O) groups excluding carboxylic acids is 3. The van der Waals surface area contributed by atoms with Gasteiger partial charge in [0.15, 0.2) is 0 Å². The van der Waals surface area contributed by atoms with E-state index in [4.69, 9.17) is 5.73 Å². The minimum atomic E-state index is -5.11. The van der Waals surface area contributed by atoms with Gasteiger partial charge in [0.2, 0.25) is 5.91 Å². The molecule has 0 spiro atoms. The summed E-state index contributed by atoms with van der Waals surface area (Å²) >= 11 is 0.841. The van der Waals surface area contributed by atoms with Crippen molar-refractivity contribution < 1.29 is 68.4 Å². The molecule has 2 fully saturated rings. The van der Waals surface area contributed by atoms with Crippen molar-refractivity contribution in [3.63, 3.8) is 0 Å². The number of thioether (sulfide) groups is 1. The Morgan fingerprint density at radius 3 is 2.46 bits per heavy atom. The predicted molar refractivity (Wildman–Crippen MR) is 77.7 cm³/mol. The zero-order chi connectivity index (χ0) is 18.7. The number of halogens is 3. The summed E-state index contributed by atoms with van der Waals surface area (Å²) in [6, 6.07) is -2.08. The minimum Gasteiger partial charge on any atom is -1.00 e. The van der Waals surface area contributed by atoms with Crippen LogP contribution in [0.4, 0.5) is 13.2 Å². The molecule has 3 rings (SSSR count). The third-order valence-corrected chi connectivity index (χ3v) is 5.55. The standard InChI is InChI=1S/C13H12F3N3O5S.Na.H/c14-13(15,16)12(24)18-2-4-1-5(25-3-6(17)20)8(11(22)23)19-7(4)9(18)10(19)21;;/h4,7,9H,1-3H2,(H2,17,20)(H,22,23);;/q;+1;-1/t4-,7-,9+;;/m1../s1. The van der Waals surface area contributed by atoms with Crippen molar-refractivity contribution in [3.05, 3.63) is 10.6 Å². The summed E-state index contributed by atoms with van der Waals surface area (Å²) in [6.45, 7) is -0.302. The van der Waals surface area contributed by atoms with Crippen LogP contribution in [0.15, 0.2) is 10.6 Å². The molecule has 138 valence electrons. The molecule has 0 bridgehead atoms. The first-order valence-corrected chi connectivity index (χ1v) is 8.11. The number of carboxylic acids is 1. The number of nitrogens with zero attached hydrogens (tertiary/aromatic N) is 2. The minimum absolute atomic E-state index is 0. The number of allylic oxidation sites excluding steroid dienone is 1. The van der Waals surface area contributed by atoms with E-state index in [2.05, 4.69) is 0 Å². The Balaban J connectivity index is 0.00000182. The number of carboxylic acid groups (broad SMARTS) is 1. The third kappa shape index (κ3) is 3.23. The van der Waals surface area contributed by atoms with Gasteiger partial charge in [-0.05, 0) is 6.42 Å². The van der Waals surface area contributed by atoms with E-state index < -0.39 is 47.9 Å². The maximum atomic E-state index is 12.7. The fourth-order valence-corrected chi connectivity index (χ4v) is 4.52. The van der Waals surface area contributed by atoms with Gasteiger partial charge in [-0.1, -0.05) is 0 Å². The van der Waals surface area contributed by atoms with Crippen LogP contribution in [0.1, 0.15) is 7.85 Å². The van der Waals surface area contributed by atoms with Crippen molar-refractivity contribution in [2.45, 2.75) is 24.7 Å². The van der Waals surface area contributed by atoms with Crippen molar-refractivity contribution in [2.75, 3.05) is 12.3 Å². The number of aliphatic carboxylic acids is 1. The molecule has 0 aromatic carbocycles. The molecule has 0 saturated carbocycles. The van der Waals surface area contributed by atoms with E-state index >= 15 is 0 Å². The van der Waals surface area contributed by atoms with Crippen LogP contribution >= 0.6 is 11.8 Å². The SMILES string of the molecule is NC(=O)CSC1=C(C(=O)O)N2C(=O)[C@@H]3[C@H]2[C@H](C1)CN3C(=O)C(F)(F)F.[H-].[Na+]. The van der Waals surface area contributed by atoms with Gasteiger partial charge >= 0.3 is 47.6 Å². The number of amides is 3. The first-order valence-electron chi connectivity index (χ1n) is 7.12. The van der Waals surface area contributed by atoms with Gasteiger partial charge in [0.25, 0.3) is 5.91 Å². The Hall–Kier alpha value is -1.24. The third-order valence-electron chi connectivity index (χ3n) is 4.41. The van der Waals surface area contributed by atoms with E-state index in [1.54, 1.807) is 0 Å². The molecule has 0 aliphatic carbocycles. The van der Waals surface area contributed by atoms with E-state index in [-0.39, 0.29) is 60.3 Å². The topological polar surface area (TPSA) is 121 Å². The molecule has 3 N–H and O–H groups in total. The van der Waals surface area contributed by atoms with Gasteiger partial charge < -0.3 is 17.2 Å². The molecular formula is C13H13F3N3NaO5S. The summed E-state index contributed by atoms with van der Waals surface area (Å²) < 4.78 is 38.1. The average molecular weight is 403 g/mol. The first kappa shape index (κ1) is 21.1. The molecule has 3 aliphatic heterocycles. The summed E-state index contributed by atoms with van der Waals surface area (Å²) in [4.78, 5) is 47.8. The van der Waals surface area contributed by atoms with Gasteiger partial charge in [-0.25, -0.2) is 4.79 Å². The number of rotatable bonds is 4. The quantitative estimate of drug-likeness (QED) is 0.373. The molecule has 8 nitrogen and oxygen atoms in total.